The summed E-state index contributed by atoms with van der Waals surface area (Å²) in [6.07, 6.45) is 2.91. The molecule has 0 bridgehead atoms. The Labute approximate surface area is 160 Å². The van der Waals surface area contributed by atoms with Crippen LogP contribution in [0.15, 0.2) is 47.2 Å². The zero-order valence-electron chi connectivity index (χ0n) is 14.7. The first-order valence-electron chi connectivity index (χ1n) is 7.89. The van der Waals surface area contributed by atoms with E-state index >= 15 is 0 Å². The Morgan fingerprint density at radius 3 is 2.31 bits per heavy atom. The van der Waals surface area contributed by atoms with Gasteiger partial charge in [-0.25, -0.2) is 4.79 Å². The van der Waals surface area contributed by atoms with Gasteiger partial charge in [-0.1, -0.05) is 20.8 Å². The average Bonchev–Trinajstić information content (AvgIpc) is 2.59. The second kappa shape index (κ2) is 8.23. The first-order valence-corrected chi connectivity index (χ1v) is 8.68. The first kappa shape index (κ1) is 19.8. The first-order chi connectivity index (χ1) is 12.2. The molecule has 0 aliphatic heterocycles. The molecule has 1 N–H and O–H groups in total. The third-order valence-electron chi connectivity index (χ3n) is 3.42. The number of ether oxygens (including phenoxy) is 1. The predicted molar refractivity (Wildman–Crippen MR) is 101 cm³/mol. The number of ketones is 1. The highest BCUT2D eigenvalue weighted by molar-refractivity contribution is 9.10. The van der Waals surface area contributed by atoms with Crippen LogP contribution < -0.4 is 5.32 Å². The Morgan fingerprint density at radius 2 is 1.73 bits per heavy atom. The van der Waals surface area contributed by atoms with Gasteiger partial charge >= 0.3 is 5.97 Å². The number of pyridine rings is 1. The summed E-state index contributed by atoms with van der Waals surface area (Å²) in [4.78, 5) is 39.9. The molecule has 2 rings (SSSR count). The third-order valence-corrected chi connectivity index (χ3v) is 3.85. The van der Waals surface area contributed by atoms with E-state index in [4.69, 9.17) is 4.74 Å². The fourth-order valence-corrected chi connectivity index (χ4v) is 2.24. The fraction of sp³-hybridized carbons (Fsp3) is 0.263. The van der Waals surface area contributed by atoms with Crippen LogP contribution in [0, 0.1) is 5.41 Å². The molecule has 0 saturated carbocycles. The third kappa shape index (κ3) is 5.49. The normalized spacial score (nSPS) is 10.9. The lowest BCUT2D eigenvalue weighted by atomic mass is 9.95. The molecular weight excluding hydrogens is 400 g/mol. The minimum absolute atomic E-state index is 0.117. The number of nitrogens with zero attached hydrogens (tertiary/aromatic N) is 1. The summed E-state index contributed by atoms with van der Waals surface area (Å²) in [6, 6.07) is 7.99. The lowest BCUT2D eigenvalue weighted by molar-refractivity contribution is -0.123. The molecule has 0 aliphatic carbocycles. The smallest absolute Gasteiger partial charge is 0.340 e. The molecule has 0 aliphatic rings. The number of rotatable bonds is 5. The summed E-state index contributed by atoms with van der Waals surface area (Å²) < 4.78 is 5.66. The standard InChI is InChI=1S/C19H19BrN2O4/c1-19(2,3)18(25)22-15-6-4-12(5-7-15)16(23)11-26-17(24)13-8-14(20)10-21-9-13/h4-10H,11H2,1-3H3,(H,22,25). The average molecular weight is 419 g/mol. The maximum absolute atomic E-state index is 12.2. The molecular formula is C19H19BrN2O4. The van der Waals surface area contributed by atoms with E-state index in [-0.39, 0.29) is 23.9 Å². The summed E-state index contributed by atoms with van der Waals surface area (Å²) in [5.74, 6) is -1.08. The molecule has 1 aromatic heterocycles. The number of carbonyl (C=O) groups excluding carboxylic acids is 3. The zero-order chi connectivity index (χ0) is 19.3. The van der Waals surface area contributed by atoms with Crippen molar-refractivity contribution in [2.45, 2.75) is 20.8 Å². The van der Waals surface area contributed by atoms with Crippen LogP contribution in [0.4, 0.5) is 5.69 Å². The minimum Gasteiger partial charge on any atom is -0.454 e. The Morgan fingerprint density at radius 1 is 1.08 bits per heavy atom. The number of aromatic nitrogens is 1. The Kier molecular flexibility index (Phi) is 6.26. The number of anilines is 1. The van der Waals surface area contributed by atoms with Gasteiger partial charge in [-0.15, -0.1) is 0 Å². The van der Waals surface area contributed by atoms with Gasteiger partial charge in [0.15, 0.2) is 12.4 Å². The highest BCUT2D eigenvalue weighted by Gasteiger charge is 2.21. The number of benzene rings is 1. The zero-order valence-corrected chi connectivity index (χ0v) is 16.3. The van der Waals surface area contributed by atoms with E-state index in [0.29, 0.717) is 15.7 Å². The van der Waals surface area contributed by atoms with Gasteiger partial charge in [-0.3, -0.25) is 14.6 Å². The van der Waals surface area contributed by atoms with Crippen LogP contribution >= 0.6 is 15.9 Å². The van der Waals surface area contributed by atoms with Crippen LogP contribution in [0.1, 0.15) is 41.5 Å². The summed E-state index contributed by atoms with van der Waals surface area (Å²) in [5, 5.41) is 2.78. The molecule has 7 heteroatoms. The van der Waals surface area contributed by atoms with Gasteiger partial charge in [-0.05, 0) is 46.3 Å². The van der Waals surface area contributed by atoms with Crippen molar-refractivity contribution in [1.82, 2.24) is 4.98 Å². The summed E-state index contributed by atoms with van der Waals surface area (Å²) in [5.41, 5.74) is 0.731. The highest BCUT2D eigenvalue weighted by atomic mass is 79.9. The number of carbonyl (C=O) groups is 3. The Bertz CT molecular complexity index is 826. The number of nitrogens with one attached hydrogen (secondary N) is 1. The number of Topliss-reactive ketones (excluding diaryl/α,β-unsaturated/α-hetero) is 1. The van der Waals surface area contributed by atoms with Crippen molar-refractivity contribution in [1.29, 1.82) is 0 Å². The van der Waals surface area contributed by atoms with Gasteiger partial charge < -0.3 is 10.1 Å². The SMILES string of the molecule is CC(C)(C)C(=O)Nc1ccc(C(=O)COC(=O)c2cncc(Br)c2)cc1. The van der Waals surface area contributed by atoms with Gasteiger partial charge in [0.05, 0.1) is 5.56 Å². The Hall–Kier alpha value is -2.54. The Balaban J connectivity index is 1.93. The monoisotopic (exact) mass is 418 g/mol. The van der Waals surface area contributed by atoms with Gasteiger partial charge in [0, 0.05) is 33.5 Å². The molecule has 6 nitrogen and oxygen atoms in total. The van der Waals surface area contributed by atoms with E-state index in [1.54, 1.807) is 36.5 Å². The maximum Gasteiger partial charge on any atom is 0.340 e. The van der Waals surface area contributed by atoms with Gasteiger partial charge in [0.25, 0.3) is 0 Å². The van der Waals surface area contributed by atoms with E-state index in [2.05, 4.69) is 26.2 Å². The highest BCUT2D eigenvalue weighted by Crippen LogP contribution is 2.18. The van der Waals surface area contributed by atoms with E-state index in [9.17, 15) is 14.4 Å². The van der Waals surface area contributed by atoms with Crippen LogP contribution in [-0.2, 0) is 9.53 Å². The van der Waals surface area contributed by atoms with Crippen LogP contribution in [0.5, 0.6) is 0 Å². The molecule has 1 amide bonds. The van der Waals surface area contributed by atoms with Crippen molar-refractivity contribution in [2.75, 3.05) is 11.9 Å². The molecule has 26 heavy (non-hydrogen) atoms. The predicted octanol–water partition coefficient (Wildman–Crippen LogP) is 3.87. The summed E-state index contributed by atoms with van der Waals surface area (Å²) >= 11 is 3.22. The number of hydrogen-bond donors (Lipinski definition) is 1. The van der Waals surface area contributed by atoms with Crippen molar-refractivity contribution in [2.24, 2.45) is 5.41 Å². The van der Waals surface area contributed by atoms with Crippen molar-refractivity contribution < 1.29 is 19.1 Å². The number of halogens is 1. The largest absolute Gasteiger partial charge is 0.454 e. The molecule has 0 saturated heterocycles. The van der Waals surface area contributed by atoms with Crippen molar-refractivity contribution >= 4 is 39.3 Å². The van der Waals surface area contributed by atoms with E-state index in [1.165, 1.54) is 6.20 Å². The lowest BCUT2D eigenvalue weighted by Crippen LogP contribution is -2.27. The molecule has 1 aromatic carbocycles. The molecule has 1 heterocycles. The molecule has 0 spiro atoms. The van der Waals surface area contributed by atoms with E-state index in [0.717, 1.165) is 0 Å². The summed E-state index contributed by atoms with van der Waals surface area (Å²) in [7, 11) is 0. The van der Waals surface area contributed by atoms with Crippen LogP contribution in [0.3, 0.4) is 0 Å². The second-order valence-corrected chi connectivity index (χ2v) is 7.59. The van der Waals surface area contributed by atoms with Gasteiger partial charge in [0.1, 0.15) is 0 Å². The molecule has 0 fully saturated rings. The van der Waals surface area contributed by atoms with Crippen molar-refractivity contribution in [3.05, 3.63) is 58.3 Å². The van der Waals surface area contributed by atoms with Crippen molar-refractivity contribution in [3.63, 3.8) is 0 Å². The number of esters is 1. The van der Waals surface area contributed by atoms with Crippen LogP contribution in [0.25, 0.3) is 0 Å². The number of amides is 1. The van der Waals surface area contributed by atoms with E-state index in [1.807, 2.05) is 20.8 Å². The molecule has 0 atom stereocenters. The quantitative estimate of drug-likeness (QED) is 0.588. The minimum atomic E-state index is -0.624. The number of hydrogen-bond acceptors (Lipinski definition) is 5. The molecule has 2 aromatic rings. The van der Waals surface area contributed by atoms with E-state index < -0.39 is 11.4 Å². The van der Waals surface area contributed by atoms with Gasteiger partial charge in [0.2, 0.25) is 5.91 Å². The van der Waals surface area contributed by atoms with Crippen LogP contribution in [0.2, 0.25) is 0 Å². The topological polar surface area (TPSA) is 85.4 Å². The lowest BCUT2D eigenvalue weighted by Gasteiger charge is -2.17. The van der Waals surface area contributed by atoms with Gasteiger partial charge in [-0.2, -0.15) is 0 Å². The molecule has 136 valence electrons. The maximum atomic E-state index is 12.2. The van der Waals surface area contributed by atoms with Crippen LogP contribution in [-0.4, -0.2) is 29.3 Å². The second-order valence-electron chi connectivity index (χ2n) is 6.67. The fourth-order valence-electron chi connectivity index (χ4n) is 1.88. The summed E-state index contributed by atoms with van der Waals surface area (Å²) in [6.45, 7) is 5.07. The van der Waals surface area contributed by atoms with Crippen molar-refractivity contribution in [3.8, 4) is 0 Å². The molecule has 0 unspecified atom stereocenters. The molecule has 0 radical (unpaired) electrons.